The molecule has 0 aliphatic heterocycles. The van der Waals surface area contributed by atoms with Crippen molar-refractivity contribution in [3.05, 3.63) is 52.8 Å². The van der Waals surface area contributed by atoms with Gasteiger partial charge in [-0.1, -0.05) is 12.1 Å². The number of benzene rings is 1. The number of carbonyl (C=O) groups excluding carboxylic acids is 1. The highest BCUT2D eigenvalue weighted by atomic mass is 16.1. The molecular weight excluding hydrogens is 264 g/mol. The minimum absolute atomic E-state index is 0.333. The molecule has 1 amide bonds. The Morgan fingerprint density at radius 2 is 2.38 bits per heavy atom. The molecule has 3 rings (SSSR count). The van der Waals surface area contributed by atoms with E-state index in [1.165, 1.54) is 17.7 Å². The Morgan fingerprint density at radius 3 is 3.19 bits per heavy atom. The van der Waals surface area contributed by atoms with E-state index in [9.17, 15) is 4.79 Å². The van der Waals surface area contributed by atoms with Crippen LogP contribution in [0.3, 0.4) is 0 Å². The Kier molecular flexibility index (Phi) is 3.75. The molecule has 0 saturated carbocycles. The molecule has 0 radical (unpaired) electrons. The molecule has 1 aliphatic carbocycles. The highest BCUT2D eigenvalue weighted by Crippen LogP contribution is 2.29. The number of rotatable bonds is 4. The van der Waals surface area contributed by atoms with Gasteiger partial charge in [-0.25, -0.2) is 0 Å². The molecule has 5 nitrogen and oxygen atoms in total. The third kappa shape index (κ3) is 2.83. The monoisotopic (exact) mass is 284 g/mol. The topological polar surface area (TPSA) is 72.9 Å². The second kappa shape index (κ2) is 5.69. The van der Waals surface area contributed by atoms with E-state index in [-0.39, 0.29) is 5.91 Å². The molecule has 0 fully saturated rings. The Balaban J connectivity index is 1.71. The van der Waals surface area contributed by atoms with Gasteiger partial charge in [-0.3, -0.25) is 9.48 Å². The SMILES string of the molecule is Cn1ncc2c1CCCC2NCc1cccc(C(N)=O)c1. The molecule has 3 N–H and O–H groups in total. The van der Waals surface area contributed by atoms with Crippen LogP contribution in [0.1, 0.15) is 46.1 Å². The lowest BCUT2D eigenvalue weighted by Crippen LogP contribution is -2.25. The lowest BCUT2D eigenvalue weighted by Gasteiger charge is -2.24. The first-order valence-electron chi connectivity index (χ1n) is 7.28. The summed E-state index contributed by atoms with van der Waals surface area (Å²) in [5, 5.41) is 7.92. The van der Waals surface area contributed by atoms with Crippen molar-refractivity contribution in [2.24, 2.45) is 12.8 Å². The zero-order chi connectivity index (χ0) is 14.8. The third-order valence-electron chi connectivity index (χ3n) is 4.14. The summed E-state index contributed by atoms with van der Waals surface area (Å²) < 4.78 is 1.97. The van der Waals surface area contributed by atoms with Crippen LogP contribution in [-0.2, 0) is 20.0 Å². The number of primary amides is 1. The van der Waals surface area contributed by atoms with E-state index in [1.54, 1.807) is 6.07 Å². The lowest BCUT2D eigenvalue weighted by atomic mass is 9.93. The van der Waals surface area contributed by atoms with Gasteiger partial charge in [0, 0.05) is 36.5 Å². The lowest BCUT2D eigenvalue weighted by molar-refractivity contribution is 0.1000. The molecule has 1 atom stereocenters. The minimum atomic E-state index is -0.385. The first kappa shape index (κ1) is 13.8. The first-order chi connectivity index (χ1) is 10.1. The van der Waals surface area contributed by atoms with Crippen molar-refractivity contribution in [2.75, 3.05) is 0 Å². The number of aromatic nitrogens is 2. The minimum Gasteiger partial charge on any atom is -0.366 e. The second-order valence-electron chi connectivity index (χ2n) is 5.56. The number of carbonyl (C=O) groups is 1. The Morgan fingerprint density at radius 1 is 1.52 bits per heavy atom. The maximum Gasteiger partial charge on any atom is 0.248 e. The molecule has 2 aromatic rings. The standard InChI is InChI=1S/C16H20N4O/c1-20-15-7-3-6-14(13(15)10-19-20)18-9-11-4-2-5-12(8-11)16(17)21/h2,4-5,8,10,14,18H,3,6-7,9H2,1H3,(H2,17,21). The maximum absolute atomic E-state index is 11.2. The number of hydrogen-bond donors (Lipinski definition) is 2. The number of hydrogen-bond acceptors (Lipinski definition) is 3. The van der Waals surface area contributed by atoms with Crippen molar-refractivity contribution in [2.45, 2.75) is 31.8 Å². The number of nitrogens with zero attached hydrogens (tertiary/aromatic N) is 2. The van der Waals surface area contributed by atoms with Gasteiger partial charge in [0.1, 0.15) is 0 Å². The zero-order valence-corrected chi connectivity index (χ0v) is 12.2. The van der Waals surface area contributed by atoms with Crippen LogP contribution in [-0.4, -0.2) is 15.7 Å². The van der Waals surface area contributed by atoms with Gasteiger partial charge in [0.15, 0.2) is 0 Å². The Hall–Kier alpha value is -2.14. The number of amides is 1. The molecule has 5 heteroatoms. The van der Waals surface area contributed by atoms with Crippen LogP contribution in [0.15, 0.2) is 30.5 Å². The highest BCUT2D eigenvalue weighted by Gasteiger charge is 2.22. The zero-order valence-electron chi connectivity index (χ0n) is 12.2. The molecule has 21 heavy (non-hydrogen) atoms. The summed E-state index contributed by atoms with van der Waals surface area (Å²) in [6.45, 7) is 0.722. The molecule has 1 aliphatic rings. The molecule has 0 saturated heterocycles. The summed E-state index contributed by atoms with van der Waals surface area (Å²) >= 11 is 0. The van der Waals surface area contributed by atoms with Crippen molar-refractivity contribution >= 4 is 5.91 Å². The fourth-order valence-electron chi connectivity index (χ4n) is 2.99. The summed E-state index contributed by atoms with van der Waals surface area (Å²) in [6.07, 6.45) is 5.35. The van der Waals surface area contributed by atoms with Crippen LogP contribution in [0.2, 0.25) is 0 Å². The number of nitrogens with one attached hydrogen (secondary N) is 1. The van der Waals surface area contributed by atoms with Gasteiger partial charge in [-0.05, 0) is 37.0 Å². The molecule has 0 spiro atoms. The van der Waals surface area contributed by atoms with Gasteiger partial charge in [0.05, 0.1) is 6.20 Å². The largest absolute Gasteiger partial charge is 0.366 e. The number of aryl methyl sites for hydroxylation is 1. The van der Waals surface area contributed by atoms with Crippen LogP contribution < -0.4 is 11.1 Å². The normalized spacial score (nSPS) is 17.5. The van der Waals surface area contributed by atoms with E-state index < -0.39 is 0 Å². The summed E-state index contributed by atoms with van der Waals surface area (Å²) in [6, 6.07) is 7.80. The van der Waals surface area contributed by atoms with Crippen molar-refractivity contribution in [1.29, 1.82) is 0 Å². The second-order valence-corrected chi connectivity index (χ2v) is 5.56. The predicted octanol–water partition coefficient (Wildman–Crippen LogP) is 1.69. The summed E-state index contributed by atoms with van der Waals surface area (Å²) in [7, 11) is 2.00. The van der Waals surface area contributed by atoms with Gasteiger partial charge in [-0.2, -0.15) is 5.10 Å². The molecule has 1 heterocycles. The molecule has 1 unspecified atom stereocenters. The van der Waals surface area contributed by atoms with E-state index >= 15 is 0 Å². The van der Waals surface area contributed by atoms with E-state index in [4.69, 9.17) is 5.73 Å². The smallest absolute Gasteiger partial charge is 0.248 e. The first-order valence-corrected chi connectivity index (χ1v) is 7.28. The number of nitrogens with two attached hydrogens (primary N) is 1. The average molecular weight is 284 g/mol. The van der Waals surface area contributed by atoms with Crippen LogP contribution in [0.25, 0.3) is 0 Å². The average Bonchev–Trinajstić information content (AvgIpc) is 2.88. The fourth-order valence-corrected chi connectivity index (χ4v) is 2.99. The van der Waals surface area contributed by atoms with Crippen LogP contribution in [0.4, 0.5) is 0 Å². The van der Waals surface area contributed by atoms with Crippen molar-refractivity contribution in [3.63, 3.8) is 0 Å². The Labute approximate surface area is 124 Å². The molecule has 0 bridgehead atoms. The van der Waals surface area contributed by atoms with Crippen LogP contribution in [0, 0.1) is 0 Å². The predicted molar refractivity (Wildman–Crippen MR) is 80.7 cm³/mol. The fraction of sp³-hybridized carbons (Fsp3) is 0.375. The Bertz CT molecular complexity index is 662. The summed E-state index contributed by atoms with van der Waals surface area (Å²) in [5.74, 6) is -0.385. The third-order valence-corrected chi connectivity index (χ3v) is 4.14. The number of fused-ring (bicyclic) bond motifs is 1. The molecule has 1 aromatic carbocycles. The highest BCUT2D eigenvalue weighted by molar-refractivity contribution is 5.92. The van der Waals surface area contributed by atoms with Crippen molar-refractivity contribution in [1.82, 2.24) is 15.1 Å². The summed E-state index contributed by atoms with van der Waals surface area (Å²) in [5.41, 5.74) is 9.57. The van der Waals surface area contributed by atoms with E-state index in [1.807, 2.05) is 36.1 Å². The van der Waals surface area contributed by atoms with Gasteiger partial charge >= 0.3 is 0 Å². The van der Waals surface area contributed by atoms with Crippen molar-refractivity contribution < 1.29 is 4.79 Å². The quantitative estimate of drug-likeness (QED) is 0.897. The molecule has 1 aromatic heterocycles. The summed E-state index contributed by atoms with van der Waals surface area (Å²) in [4.78, 5) is 11.2. The van der Waals surface area contributed by atoms with E-state index in [0.717, 1.165) is 24.9 Å². The maximum atomic E-state index is 11.2. The van der Waals surface area contributed by atoms with Crippen LogP contribution >= 0.6 is 0 Å². The van der Waals surface area contributed by atoms with Gasteiger partial charge < -0.3 is 11.1 Å². The molecule has 110 valence electrons. The van der Waals surface area contributed by atoms with Crippen molar-refractivity contribution in [3.8, 4) is 0 Å². The van der Waals surface area contributed by atoms with Gasteiger partial charge in [0.2, 0.25) is 5.91 Å². The van der Waals surface area contributed by atoms with E-state index in [0.29, 0.717) is 11.6 Å². The van der Waals surface area contributed by atoms with Crippen LogP contribution in [0.5, 0.6) is 0 Å². The van der Waals surface area contributed by atoms with E-state index in [2.05, 4.69) is 10.4 Å². The van der Waals surface area contributed by atoms with Gasteiger partial charge in [-0.15, -0.1) is 0 Å². The van der Waals surface area contributed by atoms with Gasteiger partial charge in [0.25, 0.3) is 0 Å². The molecular formula is C16H20N4O.